The second-order valence-electron chi connectivity index (χ2n) is 18.8. The molecule has 1 saturated heterocycles. The highest BCUT2D eigenvalue weighted by molar-refractivity contribution is 7.80. The van der Waals surface area contributed by atoms with Crippen molar-refractivity contribution in [1.29, 1.82) is 5.26 Å². The molecular formula is C51H63F3N8O7S2. The molecule has 0 aliphatic carbocycles. The summed E-state index contributed by atoms with van der Waals surface area (Å²) in [6, 6.07) is 15.6. The highest BCUT2D eigenvalue weighted by Gasteiger charge is 2.42. The number of carbonyl (C=O) groups is 4. The first-order valence-electron chi connectivity index (χ1n) is 23.4. The Bertz CT molecular complexity index is 2490. The van der Waals surface area contributed by atoms with Crippen molar-refractivity contribution in [1.82, 2.24) is 25.5 Å². The number of ether oxygens (including phenoxy) is 3. The van der Waals surface area contributed by atoms with E-state index < -0.39 is 46.4 Å². The molecule has 5 rings (SSSR count). The quantitative estimate of drug-likeness (QED) is 0.0411. The summed E-state index contributed by atoms with van der Waals surface area (Å²) < 4.78 is 58.3. The molecule has 1 aliphatic rings. The van der Waals surface area contributed by atoms with Crippen LogP contribution in [0.4, 0.5) is 24.5 Å². The maximum absolute atomic E-state index is 13.9. The van der Waals surface area contributed by atoms with Crippen LogP contribution < -0.4 is 25.2 Å². The summed E-state index contributed by atoms with van der Waals surface area (Å²) in [6.07, 6.45) is 1.20. The number of likely N-dealkylation sites (tertiary alicyclic amines) is 1. The number of anilines is 2. The Labute approximate surface area is 423 Å². The predicted molar refractivity (Wildman–Crippen MR) is 270 cm³/mol. The number of pyridine rings is 1. The summed E-state index contributed by atoms with van der Waals surface area (Å²) in [6.45, 7) is 13.1. The second-order valence-corrected chi connectivity index (χ2v) is 20.0. The lowest BCUT2D eigenvalue weighted by Crippen LogP contribution is -2.58. The number of benzene rings is 2. The van der Waals surface area contributed by atoms with E-state index in [0.29, 0.717) is 76.5 Å². The highest BCUT2D eigenvalue weighted by Crippen LogP contribution is 2.35. The van der Waals surface area contributed by atoms with Crippen LogP contribution in [0.3, 0.4) is 0 Å². The number of nitriles is 1. The lowest BCUT2D eigenvalue weighted by Gasteiger charge is -2.39. The summed E-state index contributed by atoms with van der Waals surface area (Å²) in [5.74, 6) is -0.364. The number of hydrogen-bond donors (Lipinski definition) is 2. The number of unbranched alkanes of at least 4 members (excludes halogenated alkanes) is 2. The largest absolute Gasteiger partial charge is 0.494 e. The van der Waals surface area contributed by atoms with Gasteiger partial charge < -0.3 is 44.3 Å². The van der Waals surface area contributed by atoms with Crippen LogP contribution in [0.15, 0.2) is 66.3 Å². The summed E-state index contributed by atoms with van der Waals surface area (Å²) in [5.41, 5.74) is 1.54. The number of aryl methyl sites for hydroxylation is 1. The van der Waals surface area contributed by atoms with Gasteiger partial charge in [0.15, 0.2) is 10.8 Å². The van der Waals surface area contributed by atoms with Crippen molar-refractivity contribution in [2.45, 2.75) is 110 Å². The number of alkyl halides is 3. The molecule has 2 aromatic heterocycles. The van der Waals surface area contributed by atoms with E-state index >= 15 is 0 Å². The first kappa shape index (κ1) is 55.9. The molecule has 382 valence electrons. The average molecular weight is 1020 g/mol. The third-order valence-electron chi connectivity index (χ3n) is 11.8. The number of amides is 3. The summed E-state index contributed by atoms with van der Waals surface area (Å²) in [4.78, 5) is 66.0. The van der Waals surface area contributed by atoms with E-state index in [-0.39, 0.29) is 29.2 Å². The minimum absolute atomic E-state index is 0.0133. The number of aldehydes is 1. The topological polar surface area (TPSA) is 179 Å². The zero-order valence-electron chi connectivity index (χ0n) is 41.3. The molecule has 0 unspecified atom stereocenters. The normalized spacial score (nSPS) is 14.3. The van der Waals surface area contributed by atoms with Gasteiger partial charge in [-0.15, -0.1) is 11.3 Å². The van der Waals surface area contributed by atoms with Gasteiger partial charge in [0.1, 0.15) is 36.8 Å². The second kappa shape index (κ2) is 25.4. The molecule has 0 spiro atoms. The minimum Gasteiger partial charge on any atom is -0.494 e. The van der Waals surface area contributed by atoms with Gasteiger partial charge in [0.05, 0.1) is 45.7 Å². The zero-order chi connectivity index (χ0) is 51.9. The van der Waals surface area contributed by atoms with Gasteiger partial charge in [0.25, 0.3) is 0 Å². The Morgan fingerprint density at radius 1 is 0.958 bits per heavy atom. The molecule has 0 bridgehead atoms. The van der Waals surface area contributed by atoms with Crippen molar-refractivity contribution in [2.24, 2.45) is 5.41 Å². The molecular weight excluding hydrogens is 958 g/mol. The smallest absolute Gasteiger partial charge is 0.419 e. The number of rotatable bonds is 23. The van der Waals surface area contributed by atoms with Gasteiger partial charge in [-0.3, -0.25) is 14.4 Å². The number of aromatic nitrogens is 2. The Morgan fingerprint density at radius 2 is 1.63 bits per heavy atom. The van der Waals surface area contributed by atoms with E-state index in [1.54, 1.807) is 54.3 Å². The van der Waals surface area contributed by atoms with E-state index in [1.807, 2.05) is 57.5 Å². The van der Waals surface area contributed by atoms with Crippen LogP contribution in [0.2, 0.25) is 0 Å². The molecule has 1 aliphatic heterocycles. The summed E-state index contributed by atoms with van der Waals surface area (Å²) in [5, 5.41) is 15.0. The standard InChI is InChI=1S/C51H63F3N8O7S2/c1-34-44(71-33-58-34)36-16-14-35(15-17-36)29-57-46(65)42-13-11-22-61(42)47(66)45(49(2,3)4)59-43(64)31-68-25-12-24-67-23-9-8-10-26-69-39-20-18-37(19-21-39)62(50(5,6)32-63)48(70)60(7)38-27-40(51(52,53)54)41(28-55)56-30-38/h14-21,27,30,32-33,42,45H,8-13,22-26,29,31H2,1-7H3,(H,57,65)(H,59,64)/t42-,45+/m0/s1. The minimum atomic E-state index is -4.81. The SMILES string of the molecule is Cc1ncsc1-c1ccc(CNC(=O)[C@@H]2CCCN2C(=O)[C@@H](NC(=O)COCCCOCCCCCOc2ccc(N(C(=S)N(C)c3cnc(C#N)c(C(F)(F)F)c3)C(C)(C)C=O)cc2)C(C)(C)C)cc1. The predicted octanol–water partition coefficient (Wildman–Crippen LogP) is 8.42. The fourth-order valence-corrected chi connectivity index (χ4v) is 9.08. The van der Waals surface area contributed by atoms with Gasteiger partial charge in [-0.2, -0.15) is 18.4 Å². The third-order valence-corrected chi connectivity index (χ3v) is 13.2. The van der Waals surface area contributed by atoms with Crippen LogP contribution >= 0.6 is 23.6 Å². The number of halogens is 3. The van der Waals surface area contributed by atoms with E-state index in [2.05, 4.69) is 20.6 Å². The fourth-order valence-electron chi connectivity index (χ4n) is 7.82. The number of carbonyl (C=O) groups excluding carboxylic acids is 4. The van der Waals surface area contributed by atoms with Gasteiger partial charge in [0.2, 0.25) is 17.7 Å². The van der Waals surface area contributed by atoms with Crippen molar-refractivity contribution in [2.75, 3.05) is 56.4 Å². The van der Waals surface area contributed by atoms with Gasteiger partial charge >= 0.3 is 6.18 Å². The average Bonchev–Trinajstić information content (AvgIpc) is 4.02. The van der Waals surface area contributed by atoms with Crippen molar-refractivity contribution >= 4 is 64.0 Å². The molecule has 20 heteroatoms. The number of nitrogens with one attached hydrogen (secondary N) is 2. The maximum Gasteiger partial charge on any atom is 0.419 e. The van der Waals surface area contributed by atoms with Crippen molar-refractivity contribution in [3.8, 4) is 22.3 Å². The first-order valence-corrected chi connectivity index (χ1v) is 24.7. The molecule has 71 heavy (non-hydrogen) atoms. The van der Waals surface area contributed by atoms with Crippen molar-refractivity contribution in [3.63, 3.8) is 0 Å². The Balaban J connectivity index is 0.964. The number of thiazole rings is 1. The van der Waals surface area contributed by atoms with Crippen molar-refractivity contribution in [3.05, 3.63) is 88.8 Å². The zero-order valence-corrected chi connectivity index (χ0v) is 42.9. The van der Waals surface area contributed by atoms with Crippen LogP contribution in [-0.4, -0.2) is 108 Å². The fraction of sp³-hybridized carbons (Fsp3) is 0.490. The monoisotopic (exact) mass is 1020 g/mol. The molecule has 0 radical (unpaired) electrons. The van der Waals surface area contributed by atoms with Crippen LogP contribution in [0.1, 0.15) is 95.7 Å². The molecule has 1 fully saturated rings. The molecule has 2 aromatic carbocycles. The van der Waals surface area contributed by atoms with Crippen LogP contribution in [0.25, 0.3) is 10.4 Å². The van der Waals surface area contributed by atoms with E-state index in [0.717, 1.165) is 53.2 Å². The van der Waals surface area contributed by atoms with E-state index in [4.69, 9.17) is 31.7 Å². The molecule has 2 N–H and O–H groups in total. The number of nitrogens with zero attached hydrogens (tertiary/aromatic N) is 6. The highest BCUT2D eigenvalue weighted by atomic mass is 32.1. The Hall–Kier alpha value is -6.01. The third kappa shape index (κ3) is 15.5. The lowest BCUT2D eigenvalue weighted by atomic mass is 9.85. The van der Waals surface area contributed by atoms with Crippen LogP contribution in [0, 0.1) is 23.7 Å². The number of thiocarbonyl (C=S) groups is 1. The van der Waals surface area contributed by atoms with Gasteiger partial charge in [-0.25, -0.2) is 9.97 Å². The van der Waals surface area contributed by atoms with E-state index in [1.165, 1.54) is 22.9 Å². The van der Waals surface area contributed by atoms with Crippen LogP contribution in [-0.2, 0) is 41.4 Å². The Kier molecular flexibility index (Phi) is 20.0. The molecule has 4 aromatic rings. The lowest BCUT2D eigenvalue weighted by molar-refractivity contribution is -0.144. The number of hydrogen-bond acceptors (Lipinski definition) is 12. The molecule has 15 nitrogen and oxygen atoms in total. The summed E-state index contributed by atoms with van der Waals surface area (Å²) >= 11 is 7.27. The van der Waals surface area contributed by atoms with E-state index in [9.17, 15) is 32.3 Å². The van der Waals surface area contributed by atoms with Crippen molar-refractivity contribution < 1.29 is 46.6 Å². The first-order chi connectivity index (χ1) is 33.7. The van der Waals surface area contributed by atoms with Gasteiger partial charge in [-0.05, 0) is 118 Å². The molecule has 3 heterocycles. The molecule has 0 saturated carbocycles. The van der Waals surface area contributed by atoms with Crippen LogP contribution in [0.5, 0.6) is 5.75 Å². The van der Waals surface area contributed by atoms with Gasteiger partial charge in [0, 0.05) is 45.6 Å². The molecule has 3 amide bonds. The summed E-state index contributed by atoms with van der Waals surface area (Å²) in [7, 11) is 1.46. The molecule has 2 atom stereocenters. The Morgan fingerprint density at radius 3 is 2.27 bits per heavy atom. The van der Waals surface area contributed by atoms with Gasteiger partial charge in [-0.1, -0.05) is 45.0 Å². The maximum atomic E-state index is 13.9.